The van der Waals surface area contributed by atoms with Crippen molar-refractivity contribution in [3.05, 3.63) is 21.0 Å². The van der Waals surface area contributed by atoms with Crippen LogP contribution in [-0.2, 0) is 6.54 Å². The van der Waals surface area contributed by atoms with E-state index in [0.29, 0.717) is 6.04 Å². The molecule has 1 saturated heterocycles. The highest BCUT2D eigenvalue weighted by molar-refractivity contribution is 9.13. The molecule has 0 amide bonds. The lowest BCUT2D eigenvalue weighted by Crippen LogP contribution is -2.37. The maximum atomic E-state index is 5.66. The molecular weight excluding hydrogens is 360 g/mol. The normalized spacial score (nSPS) is 19.9. The van der Waals surface area contributed by atoms with Crippen LogP contribution in [0.2, 0.25) is 0 Å². The molecule has 2 rings (SSSR count). The van der Waals surface area contributed by atoms with E-state index in [4.69, 9.17) is 4.42 Å². The molecule has 102 valence electrons. The largest absolute Gasteiger partial charge is 0.452 e. The van der Waals surface area contributed by atoms with E-state index in [1.165, 1.54) is 25.8 Å². The number of furan rings is 1. The number of hydrogen-bond acceptors (Lipinski definition) is 3. The Hall–Kier alpha value is 0.160. The van der Waals surface area contributed by atoms with Crippen LogP contribution in [0.15, 0.2) is 19.6 Å². The molecule has 0 saturated carbocycles. The molecule has 0 spiro atoms. The second-order valence-corrected chi connectivity index (χ2v) is 6.44. The molecule has 1 aliphatic rings. The van der Waals surface area contributed by atoms with Crippen LogP contribution in [-0.4, -0.2) is 30.6 Å². The van der Waals surface area contributed by atoms with Gasteiger partial charge in [0.05, 0.1) is 11.0 Å². The Morgan fingerprint density at radius 2 is 2.33 bits per heavy atom. The number of hydrogen-bond donors (Lipinski definition) is 1. The van der Waals surface area contributed by atoms with E-state index in [1.54, 1.807) is 0 Å². The third kappa shape index (κ3) is 4.08. The van der Waals surface area contributed by atoms with E-state index < -0.39 is 0 Å². The minimum absolute atomic E-state index is 0.651. The van der Waals surface area contributed by atoms with Crippen molar-refractivity contribution in [2.24, 2.45) is 0 Å². The molecule has 1 aliphatic heterocycles. The van der Waals surface area contributed by atoms with Gasteiger partial charge in [-0.25, -0.2) is 0 Å². The van der Waals surface area contributed by atoms with Gasteiger partial charge in [-0.15, -0.1) is 0 Å². The van der Waals surface area contributed by atoms with Gasteiger partial charge in [-0.1, -0.05) is 6.92 Å². The first kappa shape index (κ1) is 14.6. The van der Waals surface area contributed by atoms with Crippen molar-refractivity contribution in [2.75, 3.05) is 19.6 Å². The minimum atomic E-state index is 0.651. The first-order valence-corrected chi connectivity index (χ1v) is 8.17. The molecule has 1 aromatic heterocycles. The van der Waals surface area contributed by atoms with Gasteiger partial charge in [-0.05, 0) is 70.3 Å². The van der Waals surface area contributed by atoms with Gasteiger partial charge in [-0.2, -0.15) is 0 Å². The molecular formula is C13H20Br2N2O. The molecule has 1 unspecified atom stereocenters. The summed E-state index contributed by atoms with van der Waals surface area (Å²) in [5.41, 5.74) is 0. The van der Waals surface area contributed by atoms with Crippen LogP contribution in [0.1, 0.15) is 31.9 Å². The van der Waals surface area contributed by atoms with Crippen LogP contribution in [0.25, 0.3) is 0 Å². The Labute approximate surface area is 126 Å². The van der Waals surface area contributed by atoms with E-state index in [-0.39, 0.29) is 0 Å². The molecule has 3 nitrogen and oxygen atoms in total. The van der Waals surface area contributed by atoms with E-state index in [0.717, 1.165) is 34.5 Å². The summed E-state index contributed by atoms with van der Waals surface area (Å²) in [7, 11) is 0. The summed E-state index contributed by atoms with van der Waals surface area (Å²) in [4.78, 5) is 2.47. The van der Waals surface area contributed by atoms with Crippen LogP contribution in [0.5, 0.6) is 0 Å². The number of nitrogens with one attached hydrogen (secondary N) is 1. The monoisotopic (exact) mass is 378 g/mol. The third-order valence-corrected chi connectivity index (χ3v) is 4.97. The zero-order valence-electron chi connectivity index (χ0n) is 10.7. The summed E-state index contributed by atoms with van der Waals surface area (Å²) in [5.74, 6) is 1.01. The van der Waals surface area contributed by atoms with Gasteiger partial charge in [-0.3, -0.25) is 4.90 Å². The molecule has 0 aliphatic carbocycles. The van der Waals surface area contributed by atoms with Gasteiger partial charge in [0.15, 0.2) is 4.67 Å². The average Bonchev–Trinajstić information content (AvgIpc) is 2.91. The highest BCUT2D eigenvalue weighted by atomic mass is 79.9. The van der Waals surface area contributed by atoms with Crippen LogP contribution in [0, 0.1) is 0 Å². The van der Waals surface area contributed by atoms with Crippen molar-refractivity contribution in [2.45, 2.75) is 38.8 Å². The van der Waals surface area contributed by atoms with Gasteiger partial charge < -0.3 is 9.73 Å². The fraction of sp³-hybridized carbons (Fsp3) is 0.692. The smallest absolute Gasteiger partial charge is 0.183 e. The van der Waals surface area contributed by atoms with Gasteiger partial charge in [0.25, 0.3) is 0 Å². The maximum absolute atomic E-state index is 5.66. The summed E-state index contributed by atoms with van der Waals surface area (Å²) in [6.07, 6.45) is 3.78. The van der Waals surface area contributed by atoms with Crippen molar-refractivity contribution in [1.82, 2.24) is 10.2 Å². The molecule has 0 bridgehead atoms. The second-order valence-electron chi connectivity index (χ2n) is 4.86. The summed E-state index contributed by atoms with van der Waals surface area (Å²) in [6, 6.07) is 2.70. The maximum Gasteiger partial charge on any atom is 0.183 e. The summed E-state index contributed by atoms with van der Waals surface area (Å²) in [5, 5.41) is 3.56. The standard InChI is InChI=1S/C13H20Br2N2O/c1-2-6-17(8-10-4-3-5-16-10)9-11-7-12(14)13(15)18-11/h7,10,16H,2-6,8-9H2,1H3. The van der Waals surface area contributed by atoms with Crippen molar-refractivity contribution in [1.29, 1.82) is 0 Å². The fourth-order valence-corrected chi connectivity index (χ4v) is 3.12. The predicted octanol–water partition coefficient (Wildman–Crippen LogP) is 3.77. The van der Waals surface area contributed by atoms with Crippen molar-refractivity contribution in [3.63, 3.8) is 0 Å². The molecule has 5 heteroatoms. The molecule has 1 fully saturated rings. The molecule has 1 aromatic rings. The summed E-state index contributed by atoms with van der Waals surface area (Å²) >= 11 is 6.85. The molecule has 18 heavy (non-hydrogen) atoms. The first-order valence-electron chi connectivity index (χ1n) is 6.58. The zero-order valence-corrected chi connectivity index (χ0v) is 13.9. The molecule has 0 aromatic carbocycles. The lowest BCUT2D eigenvalue weighted by atomic mass is 10.2. The number of halogens is 2. The molecule has 2 heterocycles. The third-order valence-electron chi connectivity index (χ3n) is 3.26. The van der Waals surface area contributed by atoms with Gasteiger partial charge >= 0.3 is 0 Å². The Balaban J connectivity index is 1.92. The van der Waals surface area contributed by atoms with E-state index in [2.05, 4.69) is 55.1 Å². The van der Waals surface area contributed by atoms with Crippen molar-refractivity contribution in [3.8, 4) is 0 Å². The zero-order chi connectivity index (χ0) is 13.0. The molecule has 0 radical (unpaired) electrons. The minimum Gasteiger partial charge on any atom is -0.452 e. The lowest BCUT2D eigenvalue weighted by Gasteiger charge is -2.24. The highest BCUT2D eigenvalue weighted by Crippen LogP contribution is 2.27. The average molecular weight is 380 g/mol. The Morgan fingerprint density at radius 1 is 1.50 bits per heavy atom. The fourth-order valence-electron chi connectivity index (χ4n) is 2.47. The van der Waals surface area contributed by atoms with Crippen molar-refractivity contribution < 1.29 is 4.42 Å². The van der Waals surface area contributed by atoms with Gasteiger partial charge in [0.1, 0.15) is 5.76 Å². The van der Waals surface area contributed by atoms with E-state index in [1.807, 2.05) is 0 Å². The van der Waals surface area contributed by atoms with Gasteiger partial charge in [0.2, 0.25) is 0 Å². The quantitative estimate of drug-likeness (QED) is 0.815. The van der Waals surface area contributed by atoms with E-state index in [9.17, 15) is 0 Å². The summed E-state index contributed by atoms with van der Waals surface area (Å²) in [6.45, 7) is 6.51. The Bertz CT molecular complexity index is 356. The molecule has 1 N–H and O–H groups in total. The lowest BCUT2D eigenvalue weighted by molar-refractivity contribution is 0.222. The second kappa shape index (κ2) is 7.08. The first-order chi connectivity index (χ1) is 8.69. The Morgan fingerprint density at radius 3 is 2.89 bits per heavy atom. The number of nitrogens with zero attached hydrogens (tertiary/aromatic N) is 1. The summed E-state index contributed by atoms with van der Waals surface area (Å²) < 4.78 is 7.44. The van der Waals surface area contributed by atoms with Crippen LogP contribution in [0.4, 0.5) is 0 Å². The van der Waals surface area contributed by atoms with Crippen LogP contribution in [0.3, 0.4) is 0 Å². The van der Waals surface area contributed by atoms with E-state index >= 15 is 0 Å². The molecule has 1 atom stereocenters. The highest BCUT2D eigenvalue weighted by Gasteiger charge is 2.18. The topological polar surface area (TPSA) is 28.4 Å². The SMILES string of the molecule is CCCN(Cc1cc(Br)c(Br)o1)CC1CCCN1. The number of rotatable bonds is 6. The Kier molecular flexibility index (Phi) is 5.73. The van der Waals surface area contributed by atoms with Crippen LogP contribution < -0.4 is 5.32 Å². The van der Waals surface area contributed by atoms with Crippen molar-refractivity contribution >= 4 is 31.9 Å². The predicted molar refractivity (Wildman–Crippen MR) is 80.7 cm³/mol. The van der Waals surface area contributed by atoms with Crippen LogP contribution >= 0.6 is 31.9 Å². The van der Waals surface area contributed by atoms with Gasteiger partial charge in [0, 0.05) is 12.6 Å².